The molecule has 0 spiro atoms. The second-order valence-electron chi connectivity index (χ2n) is 18.1. The summed E-state index contributed by atoms with van der Waals surface area (Å²) in [6.07, 6.45) is 8.67. The highest BCUT2D eigenvalue weighted by atomic mass is 32.2. The SMILES string of the molecule is CCN(Cc1ccccc1)CC(C)CS(=O)(=O)NC(=O)Nc1c2c(cc3c1CCC3C1CCc3cc4c(c(NC(=O)NS(=O)(=O)CN(CC)Cc5ccccc5)c31)CCC4)CCC2. The number of amides is 4. The van der Waals surface area contributed by atoms with Gasteiger partial charge in [-0.15, -0.1) is 0 Å². The number of rotatable bonds is 17. The van der Waals surface area contributed by atoms with Gasteiger partial charge in [0.1, 0.15) is 5.88 Å². The van der Waals surface area contributed by atoms with Crippen LogP contribution in [0.1, 0.15) is 114 Å². The summed E-state index contributed by atoms with van der Waals surface area (Å²) in [6, 6.07) is 22.9. The molecule has 14 heteroatoms. The van der Waals surface area contributed by atoms with Gasteiger partial charge in [-0.05, 0) is 151 Å². The first-order valence-electron chi connectivity index (χ1n) is 22.8. The van der Waals surface area contributed by atoms with Crippen molar-refractivity contribution in [1.29, 1.82) is 0 Å². The number of hydrogen-bond acceptors (Lipinski definition) is 8. The number of urea groups is 2. The Bertz CT molecular complexity index is 2550. The minimum Gasteiger partial charge on any atom is -0.307 e. The van der Waals surface area contributed by atoms with Crippen LogP contribution in [0.15, 0.2) is 72.8 Å². The molecule has 8 rings (SSSR count). The number of fused-ring (bicyclic) bond motifs is 4. The van der Waals surface area contributed by atoms with Crippen molar-refractivity contribution >= 4 is 43.5 Å². The predicted molar refractivity (Wildman–Crippen MR) is 250 cm³/mol. The van der Waals surface area contributed by atoms with E-state index in [4.69, 9.17) is 0 Å². The van der Waals surface area contributed by atoms with E-state index >= 15 is 0 Å². The smallest absolute Gasteiger partial charge is 0.307 e. The van der Waals surface area contributed by atoms with Crippen LogP contribution in [-0.2, 0) is 71.7 Å². The summed E-state index contributed by atoms with van der Waals surface area (Å²) < 4.78 is 58.3. The number of carbonyl (C=O) groups is 2. The number of benzene rings is 4. The Morgan fingerprint density at radius 3 is 1.83 bits per heavy atom. The van der Waals surface area contributed by atoms with Crippen LogP contribution in [0, 0.1) is 5.92 Å². The molecule has 0 radical (unpaired) electrons. The highest BCUT2D eigenvalue weighted by Crippen LogP contribution is 2.55. The molecule has 4 aliphatic carbocycles. The second-order valence-corrected chi connectivity index (χ2v) is 21.6. The van der Waals surface area contributed by atoms with Crippen molar-refractivity contribution in [3.05, 3.63) is 128 Å². The molecule has 0 saturated carbocycles. The van der Waals surface area contributed by atoms with Crippen molar-refractivity contribution in [1.82, 2.24) is 19.2 Å². The maximum Gasteiger partial charge on any atom is 0.332 e. The van der Waals surface area contributed by atoms with Crippen molar-refractivity contribution in [2.75, 3.05) is 41.9 Å². The summed E-state index contributed by atoms with van der Waals surface area (Å²) in [6.45, 7) is 8.89. The molecule has 0 aromatic heterocycles. The molecule has 4 aromatic rings. The molecule has 12 nitrogen and oxygen atoms in total. The minimum atomic E-state index is -4.00. The summed E-state index contributed by atoms with van der Waals surface area (Å²) in [5, 5.41) is 6.13. The Morgan fingerprint density at radius 2 is 1.19 bits per heavy atom. The standard InChI is InChI=1S/C49H62N6O6S2/c1-4-54(29-34-14-8-6-9-15-34)28-33(3)31-62(58,59)52-48(56)50-46-39-20-13-19-37(39)27-44-41(24-25-43(44)46)42-23-22-38-26-36-18-12-21-40(36)47(45(38)42)51-49(57)53-63(60,61)32-55(5-2)30-35-16-10-7-11-17-35/h6-11,14-17,26-27,33,41-42H,4-5,12-13,18-25,28-32H2,1-3H3,(H2,50,52,56)(H2,51,53,57). The van der Waals surface area contributed by atoms with E-state index in [-0.39, 0.29) is 29.4 Å². The van der Waals surface area contributed by atoms with E-state index in [2.05, 4.69) is 56.2 Å². The number of sulfonamides is 2. The number of nitrogens with zero attached hydrogens (tertiary/aromatic N) is 2. The molecule has 63 heavy (non-hydrogen) atoms. The lowest BCUT2D eigenvalue weighted by atomic mass is 9.81. The van der Waals surface area contributed by atoms with Gasteiger partial charge in [-0.25, -0.2) is 35.9 Å². The molecule has 0 bridgehead atoms. The summed E-state index contributed by atoms with van der Waals surface area (Å²) in [7, 11) is -7.93. The molecule has 0 aliphatic heterocycles. The molecule has 3 atom stereocenters. The van der Waals surface area contributed by atoms with Crippen molar-refractivity contribution < 1.29 is 26.4 Å². The van der Waals surface area contributed by atoms with E-state index in [1.165, 1.54) is 27.8 Å². The Balaban J connectivity index is 0.982. The van der Waals surface area contributed by atoms with E-state index in [0.29, 0.717) is 19.6 Å². The molecule has 0 fully saturated rings. The van der Waals surface area contributed by atoms with Crippen molar-refractivity contribution in [3.8, 4) is 0 Å². The Hall–Kier alpha value is -4.76. The normalized spacial score (nSPS) is 18.2. The average Bonchev–Trinajstić information content (AvgIpc) is 4.07. The summed E-state index contributed by atoms with van der Waals surface area (Å²) >= 11 is 0. The first-order chi connectivity index (χ1) is 30.3. The fraction of sp³-hybridized carbons (Fsp3) is 0.469. The first kappa shape index (κ1) is 44.8. The Morgan fingerprint density at radius 1 is 0.635 bits per heavy atom. The average molecular weight is 895 g/mol. The summed E-state index contributed by atoms with van der Waals surface area (Å²) in [5.41, 5.74) is 12.8. The van der Waals surface area contributed by atoms with Gasteiger partial charge in [0.15, 0.2) is 0 Å². The maximum atomic E-state index is 13.7. The third-order valence-electron chi connectivity index (χ3n) is 13.5. The lowest BCUT2D eigenvalue weighted by Gasteiger charge is -2.26. The van der Waals surface area contributed by atoms with Crippen LogP contribution < -0.4 is 20.1 Å². The largest absolute Gasteiger partial charge is 0.332 e. The quantitative estimate of drug-likeness (QED) is 0.0832. The van der Waals surface area contributed by atoms with Crippen LogP contribution >= 0.6 is 0 Å². The van der Waals surface area contributed by atoms with Crippen LogP contribution in [0.5, 0.6) is 0 Å². The van der Waals surface area contributed by atoms with Crippen LogP contribution in [0.2, 0.25) is 0 Å². The zero-order chi connectivity index (χ0) is 44.3. The molecule has 4 aliphatic rings. The van der Waals surface area contributed by atoms with Crippen LogP contribution in [0.3, 0.4) is 0 Å². The van der Waals surface area contributed by atoms with E-state index in [9.17, 15) is 26.4 Å². The molecule has 3 unspecified atom stereocenters. The van der Waals surface area contributed by atoms with Gasteiger partial charge in [0, 0.05) is 31.0 Å². The molecule has 0 saturated heterocycles. The van der Waals surface area contributed by atoms with Crippen molar-refractivity contribution in [2.45, 2.75) is 110 Å². The predicted octanol–water partition coefficient (Wildman–Crippen LogP) is 7.96. The van der Waals surface area contributed by atoms with E-state index in [1.54, 1.807) is 4.90 Å². The number of nitrogens with one attached hydrogen (secondary N) is 4. The molecule has 4 N–H and O–H groups in total. The van der Waals surface area contributed by atoms with Gasteiger partial charge in [0.05, 0.1) is 5.75 Å². The van der Waals surface area contributed by atoms with Gasteiger partial charge in [0.2, 0.25) is 20.0 Å². The first-order valence-corrected chi connectivity index (χ1v) is 26.1. The third kappa shape index (κ3) is 10.5. The van der Waals surface area contributed by atoms with Gasteiger partial charge in [-0.2, -0.15) is 0 Å². The lowest BCUT2D eigenvalue weighted by Crippen LogP contribution is -2.41. The molecule has 4 aromatic carbocycles. The molecular formula is C49H62N6O6S2. The number of anilines is 2. The third-order valence-corrected chi connectivity index (χ3v) is 16.3. The van der Waals surface area contributed by atoms with Crippen LogP contribution in [0.25, 0.3) is 0 Å². The van der Waals surface area contributed by atoms with Gasteiger partial charge in [-0.3, -0.25) is 9.80 Å². The van der Waals surface area contributed by atoms with E-state index < -0.39 is 32.1 Å². The van der Waals surface area contributed by atoms with Crippen LogP contribution in [0.4, 0.5) is 21.0 Å². The maximum absolute atomic E-state index is 13.7. The molecule has 0 heterocycles. The topological polar surface area (TPSA) is 157 Å². The van der Waals surface area contributed by atoms with Crippen molar-refractivity contribution in [3.63, 3.8) is 0 Å². The van der Waals surface area contributed by atoms with E-state index in [0.717, 1.165) is 116 Å². The number of aryl methyl sites for hydroxylation is 3. The summed E-state index contributed by atoms with van der Waals surface area (Å²) in [5.74, 6) is -0.495. The lowest BCUT2D eigenvalue weighted by molar-refractivity contribution is 0.248. The summed E-state index contributed by atoms with van der Waals surface area (Å²) in [4.78, 5) is 31.4. The number of carbonyl (C=O) groups excluding carboxylic acids is 2. The highest BCUT2D eigenvalue weighted by molar-refractivity contribution is 7.90. The zero-order valence-corrected chi connectivity index (χ0v) is 38.5. The minimum absolute atomic E-state index is 0.0769. The Kier molecular flexibility index (Phi) is 13.6. The second kappa shape index (κ2) is 19.1. The van der Waals surface area contributed by atoms with E-state index in [1.807, 2.05) is 62.4 Å². The highest BCUT2D eigenvalue weighted by Gasteiger charge is 2.41. The van der Waals surface area contributed by atoms with Gasteiger partial charge >= 0.3 is 12.1 Å². The number of hydrogen-bond donors (Lipinski definition) is 4. The van der Waals surface area contributed by atoms with Gasteiger partial charge in [0.25, 0.3) is 0 Å². The van der Waals surface area contributed by atoms with Crippen LogP contribution in [-0.4, -0.2) is 70.0 Å². The van der Waals surface area contributed by atoms with Gasteiger partial charge in [-0.1, -0.05) is 93.6 Å². The molecule has 4 amide bonds. The fourth-order valence-electron chi connectivity index (χ4n) is 10.9. The van der Waals surface area contributed by atoms with Gasteiger partial charge < -0.3 is 10.6 Å². The zero-order valence-electron chi connectivity index (χ0n) is 36.8. The monoisotopic (exact) mass is 894 g/mol. The fourth-order valence-corrected chi connectivity index (χ4v) is 13.3. The molecule has 336 valence electrons. The Labute approximate surface area is 373 Å². The van der Waals surface area contributed by atoms with Crippen molar-refractivity contribution in [2.24, 2.45) is 5.92 Å². The molecular weight excluding hydrogens is 833 g/mol.